The van der Waals surface area contributed by atoms with Crippen LogP contribution in [0.25, 0.3) is 0 Å². The highest BCUT2D eigenvalue weighted by atomic mass is 16.5. The summed E-state index contributed by atoms with van der Waals surface area (Å²) in [7, 11) is 1.66. The average molecular weight is 217 g/mol. The topological polar surface area (TPSA) is 21.6 Å². The predicted octanol–water partition coefficient (Wildman–Crippen LogP) is 3.11. The Morgan fingerprint density at radius 1 is 1.56 bits per heavy atom. The summed E-state index contributed by atoms with van der Waals surface area (Å²) in [5, 5.41) is 0. The number of hydrogen-bond acceptors (Lipinski definition) is 2. The lowest BCUT2D eigenvalue weighted by Gasteiger charge is -2.17. The highest BCUT2D eigenvalue weighted by Gasteiger charge is 2.16. The van der Waals surface area contributed by atoms with Gasteiger partial charge in [0.05, 0.1) is 7.11 Å². The Kier molecular flexibility index (Phi) is 5.42. The van der Waals surface area contributed by atoms with Crippen molar-refractivity contribution < 1.29 is 4.74 Å². The molecule has 0 spiro atoms. The molecule has 0 aromatic carbocycles. The van der Waals surface area contributed by atoms with E-state index < -0.39 is 0 Å². The van der Waals surface area contributed by atoms with Gasteiger partial charge in [-0.3, -0.25) is 4.99 Å². The van der Waals surface area contributed by atoms with Gasteiger partial charge in [-0.05, 0) is 32.1 Å². The molecule has 0 atom stereocenters. The van der Waals surface area contributed by atoms with Crippen molar-refractivity contribution in [1.82, 2.24) is 0 Å². The van der Waals surface area contributed by atoms with E-state index in [1.807, 2.05) is 6.08 Å². The second-order valence-corrected chi connectivity index (χ2v) is 3.78. The van der Waals surface area contributed by atoms with Crippen molar-refractivity contribution in [2.45, 2.75) is 32.1 Å². The van der Waals surface area contributed by atoms with Gasteiger partial charge in [-0.15, -0.1) is 13.0 Å². The lowest BCUT2D eigenvalue weighted by atomic mass is 9.92. The zero-order valence-electron chi connectivity index (χ0n) is 9.96. The van der Waals surface area contributed by atoms with Gasteiger partial charge in [0.15, 0.2) is 0 Å². The molecule has 0 aromatic rings. The van der Waals surface area contributed by atoms with Crippen LogP contribution in [0.3, 0.4) is 0 Å². The molecule has 0 saturated carbocycles. The van der Waals surface area contributed by atoms with Crippen LogP contribution in [-0.4, -0.2) is 19.6 Å². The number of terminal acetylenes is 1. The second kappa shape index (κ2) is 6.90. The maximum absolute atomic E-state index is 5.51. The molecule has 0 aromatic heterocycles. The molecule has 1 rings (SSSR count). The molecule has 0 fully saturated rings. The van der Waals surface area contributed by atoms with E-state index in [4.69, 9.17) is 11.2 Å². The van der Waals surface area contributed by atoms with Gasteiger partial charge in [0.1, 0.15) is 0 Å². The highest BCUT2D eigenvalue weighted by Crippen LogP contribution is 2.25. The van der Waals surface area contributed by atoms with E-state index in [-0.39, 0.29) is 0 Å². The Morgan fingerprint density at radius 2 is 2.31 bits per heavy atom. The van der Waals surface area contributed by atoms with Gasteiger partial charge in [0.2, 0.25) is 5.90 Å². The Morgan fingerprint density at radius 3 is 2.94 bits per heavy atom. The highest BCUT2D eigenvalue weighted by molar-refractivity contribution is 5.95. The summed E-state index contributed by atoms with van der Waals surface area (Å²) < 4.78 is 5.33. The van der Waals surface area contributed by atoms with Crippen LogP contribution in [0.5, 0.6) is 0 Å². The summed E-state index contributed by atoms with van der Waals surface area (Å²) in [6.07, 6.45) is 12.5. The molecule has 1 aliphatic carbocycles. The predicted molar refractivity (Wildman–Crippen MR) is 68.5 cm³/mol. The van der Waals surface area contributed by atoms with Gasteiger partial charge in [0.25, 0.3) is 0 Å². The first-order valence-corrected chi connectivity index (χ1v) is 5.71. The van der Waals surface area contributed by atoms with Gasteiger partial charge in [-0.25, -0.2) is 0 Å². The Labute approximate surface area is 98.1 Å². The fourth-order valence-corrected chi connectivity index (χ4v) is 1.84. The standard InChI is InChI=1S/C14H19NO/c1-4-6-11-15-14(16-3)13-10-8-7-9-12(13)5-2/h2,4H,1,6-11H2,3H3. The SMILES string of the molecule is C#CC1=C(C(=NCCC=C)OC)CCCC1. The molecule has 0 aliphatic heterocycles. The van der Waals surface area contributed by atoms with Crippen LogP contribution < -0.4 is 0 Å². The van der Waals surface area contributed by atoms with E-state index in [0.29, 0.717) is 6.54 Å². The summed E-state index contributed by atoms with van der Waals surface area (Å²) in [5.41, 5.74) is 2.19. The molecule has 1 aliphatic rings. The minimum atomic E-state index is 0.716. The average Bonchev–Trinajstić information content (AvgIpc) is 2.35. The number of nitrogens with zero attached hydrogens (tertiary/aromatic N) is 1. The summed E-state index contributed by atoms with van der Waals surface area (Å²) >= 11 is 0. The first kappa shape index (κ1) is 12.6. The smallest absolute Gasteiger partial charge is 0.212 e. The molecule has 0 heterocycles. The maximum atomic E-state index is 5.51. The monoisotopic (exact) mass is 217 g/mol. The Balaban J connectivity index is 2.85. The first-order valence-electron chi connectivity index (χ1n) is 5.71. The van der Waals surface area contributed by atoms with Gasteiger partial charge in [-0.1, -0.05) is 12.0 Å². The normalized spacial score (nSPS) is 16.9. The van der Waals surface area contributed by atoms with Crippen LogP contribution >= 0.6 is 0 Å². The number of aliphatic imine (C=N–C) groups is 1. The van der Waals surface area contributed by atoms with Crippen molar-refractivity contribution in [1.29, 1.82) is 0 Å². The number of ether oxygens (including phenoxy) is 1. The number of rotatable bonds is 4. The number of hydrogen-bond donors (Lipinski definition) is 0. The summed E-state index contributed by atoms with van der Waals surface area (Å²) in [6.45, 7) is 4.39. The van der Waals surface area contributed by atoms with Crippen LogP contribution in [0.4, 0.5) is 0 Å². The van der Waals surface area contributed by atoms with Crippen LogP contribution in [0.15, 0.2) is 28.8 Å². The van der Waals surface area contributed by atoms with Gasteiger partial charge in [0, 0.05) is 17.7 Å². The summed E-state index contributed by atoms with van der Waals surface area (Å²) in [5.74, 6) is 3.47. The minimum Gasteiger partial charge on any atom is -0.481 e. The molecule has 0 amide bonds. The summed E-state index contributed by atoms with van der Waals surface area (Å²) in [6, 6.07) is 0. The fraction of sp³-hybridized carbons (Fsp3) is 0.500. The number of methoxy groups -OCH3 is 1. The zero-order valence-corrected chi connectivity index (χ0v) is 9.96. The molecule has 0 radical (unpaired) electrons. The molecule has 0 bridgehead atoms. The van der Waals surface area contributed by atoms with E-state index in [1.54, 1.807) is 7.11 Å². The van der Waals surface area contributed by atoms with Crippen molar-refractivity contribution in [3.63, 3.8) is 0 Å². The molecule has 0 unspecified atom stereocenters. The van der Waals surface area contributed by atoms with Crippen LogP contribution in [0, 0.1) is 12.3 Å². The molecular weight excluding hydrogens is 198 g/mol. The quantitative estimate of drug-likeness (QED) is 0.233. The molecule has 2 nitrogen and oxygen atoms in total. The molecular formula is C14H19NO. The first-order chi connectivity index (χ1) is 7.83. The Bertz CT molecular complexity index is 344. The summed E-state index contributed by atoms with van der Waals surface area (Å²) in [4.78, 5) is 4.42. The molecule has 86 valence electrons. The molecule has 16 heavy (non-hydrogen) atoms. The molecule has 0 saturated heterocycles. The van der Waals surface area contributed by atoms with Crippen LogP contribution in [0.2, 0.25) is 0 Å². The largest absolute Gasteiger partial charge is 0.481 e. The van der Waals surface area contributed by atoms with Crippen molar-refractivity contribution in [2.75, 3.05) is 13.7 Å². The van der Waals surface area contributed by atoms with E-state index in [0.717, 1.165) is 36.3 Å². The maximum Gasteiger partial charge on any atom is 0.212 e. The van der Waals surface area contributed by atoms with Crippen molar-refractivity contribution in [3.8, 4) is 12.3 Å². The Hall–Kier alpha value is -1.49. The van der Waals surface area contributed by atoms with Crippen LogP contribution in [0.1, 0.15) is 32.1 Å². The van der Waals surface area contributed by atoms with Crippen LogP contribution in [-0.2, 0) is 4.74 Å². The van der Waals surface area contributed by atoms with Gasteiger partial charge in [-0.2, -0.15) is 0 Å². The molecule has 0 N–H and O–H groups in total. The van der Waals surface area contributed by atoms with E-state index >= 15 is 0 Å². The van der Waals surface area contributed by atoms with E-state index in [9.17, 15) is 0 Å². The van der Waals surface area contributed by atoms with Crippen molar-refractivity contribution >= 4 is 5.90 Å². The zero-order chi connectivity index (χ0) is 11.8. The number of allylic oxidation sites excluding steroid dienone is 1. The third-order valence-electron chi connectivity index (χ3n) is 2.68. The molecule has 2 heteroatoms. The third-order valence-corrected chi connectivity index (χ3v) is 2.68. The van der Waals surface area contributed by atoms with E-state index in [1.165, 1.54) is 12.8 Å². The van der Waals surface area contributed by atoms with Crippen molar-refractivity contribution in [3.05, 3.63) is 23.8 Å². The second-order valence-electron chi connectivity index (χ2n) is 3.78. The minimum absolute atomic E-state index is 0.716. The lowest BCUT2D eigenvalue weighted by molar-refractivity contribution is 0.397. The third kappa shape index (κ3) is 3.27. The van der Waals surface area contributed by atoms with E-state index in [2.05, 4.69) is 17.5 Å². The fourth-order valence-electron chi connectivity index (χ4n) is 1.84. The van der Waals surface area contributed by atoms with Gasteiger partial charge < -0.3 is 4.74 Å². The van der Waals surface area contributed by atoms with Crippen molar-refractivity contribution in [2.24, 2.45) is 4.99 Å². The van der Waals surface area contributed by atoms with Gasteiger partial charge >= 0.3 is 0 Å². The lowest BCUT2D eigenvalue weighted by Crippen LogP contribution is -2.12.